The third kappa shape index (κ3) is 3.11. The smallest absolute Gasteiger partial charge is 0.145 e. The van der Waals surface area contributed by atoms with E-state index in [9.17, 15) is 13.9 Å². The molecule has 2 aromatic rings. The SMILES string of the molecule is C[C@H](O)c1c(F)cccc1Oc1cc(F)c(Cl)cc1Br. The van der Waals surface area contributed by atoms with Crippen LogP contribution in [0.3, 0.4) is 0 Å². The summed E-state index contributed by atoms with van der Waals surface area (Å²) in [5.74, 6) is -0.996. The molecular weight excluding hydrogens is 354 g/mol. The third-order valence-electron chi connectivity index (χ3n) is 2.63. The number of benzene rings is 2. The van der Waals surface area contributed by atoms with Crippen LogP contribution in [0.2, 0.25) is 5.02 Å². The maximum Gasteiger partial charge on any atom is 0.145 e. The number of hydrogen-bond acceptors (Lipinski definition) is 2. The van der Waals surface area contributed by atoms with Crippen molar-refractivity contribution in [3.8, 4) is 11.5 Å². The lowest BCUT2D eigenvalue weighted by atomic mass is 10.1. The van der Waals surface area contributed by atoms with E-state index in [1.165, 1.54) is 31.2 Å². The summed E-state index contributed by atoms with van der Waals surface area (Å²) >= 11 is 8.82. The summed E-state index contributed by atoms with van der Waals surface area (Å²) in [4.78, 5) is 0. The zero-order chi connectivity index (χ0) is 14.9. The largest absolute Gasteiger partial charge is 0.456 e. The molecule has 0 bridgehead atoms. The lowest BCUT2D eigenvalue weighted by Gasteiger charge is -2.15. The van der Waals surface area contributed by atoms with Gasteiger partial charge in [0.1, 0.15) is 23.1 Å². The molecule has 0 aliphatic rings. The fourth-order valence-corrected chi connectivity index (χ4v) is 2.43. The Morgan fingerprint density at radius 1 is 1.20 bits per heavy atom. The molecule has 2 rings (SSSR count). The van der Waals surface area contributed by atoms with Gasteiger partial charge in [-0.1, -0.05) is 17.7 Å². The van der Waals surface area contributed by atoms with E-state index < -0.39 is 17.7 Å². The molecule has 0 unspecified atom stereocenters. The lowest BCUT2D eigenvalue weighted by molar-refractivity contribution is 0.190. The predicted molar refractivity (Wildman–Crippen MR) is 76.2 cm³/mol. The van der Waals surface area contributed by atoms with Gasteiger partial charge >= 0.3 is 0 Å². The molecule has 2 nitrogen and oxygen atoms in total. The number of rotatable bonds is 3. The third-order valence-corrected chi connectivity index (χ3v) is 3.53. The Morgan fingerprint density at radius 2 is 1.90 bits per heavy atom. The topological polar surface area (TPSA) is 29.5 Å². The number of halogens is 4. The van der Waals surface area contributed by atoms with Gasteiger partial charge in [-0.05, 0) is 41.1 Å². The number of hydrogen-bond donors (Lipinski definition) is 1. The first-order chi connectivity index (χ1) is 9.40. The Bertz CT molecular complexity index is 647. The highest BCUT2D eigenvalue weighted by molar-refractivity contribution is 9.10. The molecule has 1 N–H and O–H groups in total. The minimum atomic E-state index is -1.05. The predicted octanol–water partition coefficient (Wildman–Crippen LogP) is 5.23. The maximum atomic E-state index is 13.7. The summed E-state index contributed by atoms with van der Waals surface area (Å²) in [6.07, 6.45) is -1.05. The molecule has 0 saturated carbocycles. The van der Waals surface area contributed by atoms with Crippen LogP contribution in [0, 0.1) is 11.6 Å². The van der Waals surface area contributed by atoms with Crippen LogP contribution in [-0.4, -0.2) is 5.11 Å². The Labute approximate surface area is 128 Å². The summed E-state index contributed by atoms with van der Waals surface area (Å²) in [5.41, 5.74) is 0.00904. The van der Waals surface area contributed by atoms with Crippen LogP contribution in [0.5, 0.6) is 11.5 Å². The monoisotopic (exact) mass is 362 g/mol. The summed E-state index contributed by atoms with van der Waals surface area (Å²) in [6, 6.07) is 6.57. The second kappa shape index (κ2) is 6.08. The van der Waals surface area contributed by atoms with Crippen molar-refractivity contribution in [3.63, 3.8) is 0 Å². The van der Waals surface area contributed by atoms with Gasteiger partial charge in [-0.15, -0.1) is 0 Å². The van der Waals surface area contributed by atoms with Crippen molar-refractivity contribution < 1.29 is 18.6 Å². The van der Waals surface area contributed by atoms with E-state index >= 15 is 0 Å². The minimum absolute atomic E-state index is 0.00904. The molecule has 106 valence electrons. The van der Waals surface area contributed by atoms with Gasteiger partial charge < -0.3 is 9.84 Å². The molecule has 0 aromatic heterocycles. The highest BCUT2D eigenvalue weighted by Gasteiger charge is 2.17. The normalized spacial score (nSPS) is 12.3. The van der Waals surface area contributed by atoms with E-state index in [-0.39, 0.29) is 22.1 Å². The van der Waals surface area contributed by atoms with Gasteiger partial charge in [-0.3, -0.25) is 0 Å². The first-order valence-corrected chi connectivity index (χ1v) is 6.86. The second-order valence-electron chi connectivity index (χ2n) is 4.13. The first-order valence-electron chi connectivity index (χ1n) is 5.69. The highest BCUT2D eigenvalue weighted by atomic mass is 79.9. The van der Waals surface area contributed by atoms with Crippen molar-refractivity contribution in [3.05, 3.63) is 57.0 Å². The summed E-state index contributed by atoms with van der Waals surface area (Å²) in [5, 5.41) is 9.55. The number of aliphatic hydroxyl groups is 1. The van der Waals surface area contributed by atoms with Crippen molar-refractivity contribution in [2.24, 2.45) is 0 Å². The fraction of sp³-hybridized carbons (Fsp3) is 0.143. The quantitative estimate of drug-likeness (QED) is 0.757. The molecule has 0 heterocycles. The van der Waals surface area contributed by atoms with Gasteiger partial charge in [0.05, 0.1) is 21.2 Å². The Morgan fingerprint density at radius 3 is 2.55 bits per heavy atom. The standard InChI is InChI=1S/C14H10BrClF2O2/c1-7(19)14-10(17)3-2-4-12(14)20-13-6-11(18)9(16)5-8(13)15/h2-7,19H,1H3/t7-/m0/s1. The summed E-state index contributed by atoms with van der Waals surface area (Å²) < 4.78 is 33.0. The molecule has 0 aliphatic heterocycles. The number of aliphatic hydroxyl groups excluding tert-OH is 1. The van der Waals surface area contributed by atoms with E-state index in [1.807, 2.05) is 0 Å². The Balaban J connectivity index is 2.45. The van der Waals surface area contributed by atoms with Crippen LogP contribution in [0.1, 0.15) is 18.6 Å². The van der Waals surface area contributed by atoms with Gasteiger partial charge in [0.25, 0.3) is 0 Å². The molecule has 2 aromatic carbocycles. The summed E-state index contributed by atoms with van der Waals surface area (Å²) in [6.45, 7) is 1.42. The van der Waals surface area contributed by atoms with Gasteiger partial charge in [0, 0.05) is 6.07 Å². The molecular formula is C14H10BrClF2O2. The van der Waals surface area contributed by atoms with Gasteiger partial charge in [-0.2, -0.15) is 0 Å². The number of ether oxygens (including phenoxy) is 1. The lowest BCUT2D eigenvalue weighted by Crippen LogP contribution is -2.00. The molecule has 0 saturated heterocycles. The van der Waals surface area contributed by atoms with E-state index in [4.69, 9.17) is 16.3 Å². The zero-order valence-corrected chi connectivity index (χ0v) is 12.7. The van der Waals surface area contributed by atoms with Crippen molar-refractivity contribution in [2.45, 2.75) is 13.0 Å². The average molecular weight is 364 g/mol. The molecule has 0 fully saturated rings. The van der Waals surface area contributed by atoms with E-state index in [0.29, 0.717) is 4.47 Å². The first kappa shape index (κ1) is 15.2. The summed E-state index contributed by atoms with van der Waals surface area (Å²) in [7, 11) is 0. The fourth-order valence-electron chi connectivity index (χ4n) is 1.71. The minimum Gasteiger partial charge on any atom is -0.456 e. The van der Waals surface area contributed by atoms with Gasteiger partial charge in [0.2, 0.25) is 0 Å². The van der Waals surface area contributed by atoms with E-state index in [2.05, 4.69) is 15.9 Å². The van der Waals surface area contributed by atoms with Crippen molar-refractivity contribution in [1.82, 2.24) is 0 Å². The van der Waals surface area contributed by atoms with Crippen LogP contribution in [0.4, 0.5) is 8.78 Å². The molecule has 0 aliphatic carbocycles. The van der Waals surface area contributed by atoms with Gasteiger partial charge in [-0.25, -0.2) is 8.78 Å². The molecule has 0 spiro atoms. The van der Waals surface area contributed by atoms with Crippen LogP contribution >= 0.6 is 27.5 Å². The average Bonchev–Trinajstić information content (AvgIpc) is 2.35. The van der Waals surface area contributed by atoms with Crippen LogP contribution in [-0.2, 0) is 0 Å². The zero-order valence-electron chi connectivity index (χ0n) is 10.3. The van der Waals surface area contributed by atoms with Crippen LogP contribution in [0.25, 0.3) is 0 Å². The van der Waals surface area contributed by atoms with Crippen LogP contribution in [0.15, 0.2) is 34.8 Å². The van der Waals surface area contributed by atoms with Crippen molar-refractivity contribution >= 4 is 27.5 Å². The van der Waals surface area contributed by atoms with Crippen molar-refractivity contribution in [2.75, 3.05) is 0 Å². The molecule has 20 heavy (non-hydrogen) atoms. The molecule has 0 radical (unpaired) electrons. The van der Waals surface area contributed by atoms with Crippen LogP contribution < -0.4 is 4.74 Å². The van der Waals surface area contributed by atoms with E-state index in [0.717, 1.165) is 6.07 Å². The molecule has 1 atom stereocenters. The maximum absolute atomic E-state index is 13.7. The Hall–Kier alpha value is -1.17. The molecule has 0 amide bonds. The Kier molecular flexibility index (Phi) is 4.62. The second-order valence-corrected chi connectivity index (χ2v) is 5.39. The molecule has 6 heteroatoms. The van der Waals surface area contributed by atoms with Gasteiger partial charge in [0.15, 0.2) is 0 Å². The van der Waals surface area contributed by atoms with E-state index in [1.54, 1.807) is 0 Å². The van der Waals surface area contributed by atoms with Crippen molar-refractivity contribution in [1.29, 1.82) is 0 Å². The highest BCUT2D eigenvalue weighted by Crippen LogP contribution is 2.37.